The standard InChI is InChI=1S/C14H19N5O2/c1-4-8-20-13-16-12(19-15)17-14(18-13)21-11-7-5-6-9(2)10(11)3/h5-7H,4,8,15H2,1-3H3,(H,16,17,18,19). The maximum Gasteiger partial charge on any atom is 0.330 e. The molecule has 2 rings (SSSR count). The first-order valence-electron chi connectivity index (χ1n) is 6.73. The molecule has 3 N–H and O–H groups in total. The van der Waals surface area contributed by atoms with Crippen molar-refractivity contribution in [1.29, 1.82) is 0 Å². The average molecular weight is 289 g/mol. The second kappa shape index (κ2) is 6.85. The maximum atomic E-state index is 5.72. The summed E-state index contributed by atoms with van der Waals surface area (Å²) >= 11 is 0. The van der Waals surface area contributed by atoms with Crippen molar-refractivity contribution in [3.05, 3.63) is 29.3 Å². The van der Waals surface area contributed by atoms with Crippen LogP contribution >= 0.6 is 0 Å². The Bertz CT molecular complexity index is 618. The molecule has 0 aliphatic heterocycles. The smallest absolute Gasteiger partial charge is 0.330 e. The summed E-state index contributed by atoms with van der Waals surface area (Å²) in [6, 6.07) is 6.10. The molecule has 0 saturated heterocycles. The summed E-state index contributed by atoms with van der Waals surface area (Å²) in [5, 5.41) is 0. The van der Waals surface area contributed by atoms with Gasteiger partial charge in [-0.1, -0.05) is 19.1 Å². The van der Waals surface area contributed by atoms with E-state index in [-0.39, 0.29) is 18.0 Å². The molecule has 112 valence electrons. The lowest BCUT2D eigenvalue weighted by molar-refractivity contribution is 0.285. The molecule has 7 heteroatoms. The Morgan fingerprint density at radius 2 is 1.90 bits per heavy atom. The Hall–Kier alpha value is -2.41. The van der Waals surface area contributed by atoms with Crippen LogP contribution in [-0.2, 0) is 0 Å². The van der Waals surface area contributed by atoms with Crippen LogP contribution < -0.4 is 20.7 Å². The number of aromatic nitrogens is 3. The van der Waals surface area contributed by atoms with E-state index >= 15 is 0 Å². The van der Waals surface area contributed by atoms with E-state index in [4.69, 9.17) is 15.3 Å². The molecule has 1 aromatic carbocycles. The van der Waals surface area contributed by atoms with Crippen LogP contribution in [0.25, 0.3) is 0 Å². The zero-order valence-corrected chi connectivity index (χ0v) is 12.4. The molecule has 0 atom stereocenters. The molecule has 0 radical (unpaired) electrons. The van der Waals surface area contributed by atoms with Crippen LogP contribution in [0.3, 0.4) is 0 Å². The second-order valence-corrected chi connectivity index (χ2v) is 4.52. The summed E-state index contributed by atoms with van der Waals surface area (Å²) in [4.78, 5) is 12.2. The van der Waals surface area contributed by atoms with Crippen molar-refractivity contribution < 1.29 is 9.47 Å². The van der Waals surface area contributed by atoms with E-state index in [0.29, 0.717) is 12.4 Å². The minimum atomic E-state index is 0.137. The number of nitrogens with two attached hydrogens (primary N) is 1. The Balaban J connectivity index is 2.28. The first kappa shape index (κ1) is 15.0. The Kier molecular flexibility index (Phi) is 4.89. The monoisotopic (exact) mass is 289 g/mol. The molecule has 0 bridgehead atoms. The van der Waals surface area contributed by atoms with Gasteiger partial charge in [0.25, 0.3) is 0 Å². The van der Waals surface area contributed by atoms with Crippen molar-refractivity contribution in [2.75, 3.05) is 12.0 Å². The fraction of sp³-hybridized carbons (Fsp3) is 0.357. The van der Waals surface area contributed by atoms with Gasteiger partial charge in [-0.05, 0) is 37.5 Å². The molecule has 0 aliphatic rings. The van der Waals surface area contributed by atoms with Crippen molar-refractivity contribution in [3.63, 3.8) is 0 Å². The highest BCUT2D eigenvalue weighted by Gasteiger charge is 2.10. The van der Waals surface area contributed by atoms with E-state index < -0.39 is 0 Å². The van der Waals surface area contributed by atoms with Gasteiger partial charge in [0.1, 0.15) is 5.75 Å². The van der Waals surface area contributed by atoms with E-state index in [1.54, 1.807) is 0 Å². The normalized spacial score (nSPS) is 10.3. The Morgan fingerprint density at radius 1 is 1.14 bits per heavy atom. The SMILES string of the molecule is CCCOc1nc(NN)nc(Oc2cccc(C)c2C)n1. The number of hydrogen-bond donors (Lipinski definition) is 2. The molecular weight excluding hydrogens is 270 g/mol. The fourth-order valence-corrected chi connectivity index (χ4v) is 1.64. The van der Waals surface area contributed by atoms with Gasteiger partial charge in [-0.2, -0.15) is 9.97 Å². The van der Waals surface area contributed by atoms with E-state index in [1.807, 2.05) is 39.0 Å². The first-order chi connectivity index (χ1) is 10.1. The molecule has 0 aliphatic carbocycles. The molecule has 0 amide bonds. The van der Waals surface area contributed by atoms with Gasteiger partial charge >= 0.3 is 12.0 Å². The molecule has 0 saturated carbocycles. The third-order valence-corrected chi connectivity index (χ3v) is 2.91. The molecular formula is C14H19N5O2. The Labute approximate surface area is 123 Å². The maximum absolute atomic E-state index is 5.72. The molecule has 7 nitrogen and oxygen atoms in total. The zero-order chi connectivity index (χ0) is 15.2. The number of nitrogens with zero attached hydrogens (tertiary/aromatic N) is 3. The fourth-order valence-electron chi connectivity index (χ4n) is 1.64. The van der Waals surface area contributed by atoms with Crippen LogP contribution in [0.15, 0.2) is 18.2 Å². The predicted octanol–water partition coefficient (Wildman–Crippen LogP) is 2.36. The van der Waals surface area contributed by atoms with Crippen molar-refractivity contribution in [3.8, 4) is 17.8 Å². The predicted molar refractivity (Wildman–Crippen MR) is 79.4 cm³/mol. The van der Waals surface area contributed by atoms with Crippen LogP contribution in [0, 0.1) is 13.8 Å². The molecule has 1 heterocycles. The number of hydrogen-bond acceptors (Lipinski definition) is 7. The van der Waals surface area contributed by atoms with E-state index in [9.17, 15) is 0 Å². The van der Waals surface area contributed by atoms with Gasteiger partial charge in [0, 0.05) is 0 Å². The van der Waals surface area contributed by atoms with Crippen molar-refractivity contribution in [1.82, 2.24) is 15.0 Å². The van der Waals surface area contributed by atoms with Crippen LogP contribution in [0.1, 0.15) is 24.5 Å². The lowest BCUT2D eigenvalue weighted by atomic mass is 10.1. The summed E-state index contributed by atoms with van der Waals surface area (Å²) in [6.45, 7) is 6.49. The van der Waals surface area contributed by atoms with Crippen LogP contribution in [0.2, 0.25) is 0 Å². The van der Waals surface area contributed by atoms with Crippen LogP contribution in [0.4, 0.5) is 5.95 Å². The van der Waals surface area contributed by atoms with Gasteiger partial charge in [0.05, 0.1) is 6.61 Å². The zero-order valence-electron chi connectivity index (χ0n) is 12.4. The van der Waals surface area contributed by atoms with Gasteiger partial charge in [-0.15, -0.1) is 4.98 Å². The molecule has 21 heavy (non-hydrogen) atoms. The summed E-state index contributed by atoms with van der Waals surface area (Å²) in [7, 11) is 0. The highest BCUT2D eigenvalue weighted by Crippen LogP contribution is 2.25. The molecule has 0 fully saturated rings. The third kappa shape index (κ3) is 3.79. The number of ether oxygens (including phenoxy) is 2. The molecule has 2 aromatic rings. The summed E-state index contributed by atoms with van der Waals surface area (Å²) in [5.41, 5.74) is 4.52. The number of anilines is 1. The van der Waals surface area contributed by atoms with E-state index in [2.05, 4.69) is 20.4 Å². The first-order valence-corrected chi connectivity index (χ1v) is 6.73. The van der Waals surface area contributed by atoms with Crippen LogP contribution in [0.5, 0.6) is 17.8 Å². The van der Waals surface area contributed by atoms with Gasteiger partial charge in [-0.3, -0.25) is 5.43 Å². The number of aryl methyl sites for hydroxylation is 1. The van der Waals surface area contributed by atoms with Gasteiger partial charge in [0.15, 0.2) is 0 Å². The van der Waals surface area contributed by atoms with E-state index in [0.717, 1.165) is 17.5 Å². The lowest BCUT2D eigenvalue weighted by Gasteiger charge is -2.10. The van der Waals surface area contributed by atoms with Crippen molar-refractivity contribution in [2.45, 2.75) is 27.2 Å². The Morgan fingerprint density at radius 3 is 2.62 bits per heavy atom. The minimum absolute atomic E-state index is 0.137. The number of rotatable bonds is 6. The van der Waals surface area contributed by atoms with Gasteiger partial charge in [0.2, 0.25) is 5.95 Å². The van der Waals surface area contributed by atoms with E-state index in [1.165, 1.54) is 0 Å². The second-order valence-electron chi connectivity index (χ2n) is 4.52. The third-order valence-electron chi connectivity index (χ3n) is 2.91. The minimum Gasteiger partial charge on any atom is -0.463 e. The number of nitrogen functional groups attached to an aromatic ring is 1. The molecule has 1 aromatic heterocycles. The summed E-state index contributed by atoms with van der Waals surface area (Å²) in [5.74, 6) is 6.23. The van der Waals surface area contributed by atoms with Crippen molar-refractivity contribution in [2.24, 2.45) is 5.84 Å². The highest BCUT2D eigenvalue weighted by molar-refractivity contribution is 5.40. The topological polar surface area (TPSA) is 95.2 Å². The average Bonchev–Trinajstić information content (AvgIpc) is 2.49. The van der Waals surface area contributed by atoms with Gasteiger partial charge in [-0.25, -0.2) is 5.84 Å². The number of hydrazine groups is 1. The summed E-state index contributed by atoms with van der Waals surface area (Å²) in [6.07, 6.45) is 0.851. The number of benzene rings is 1. The van der Waals surface area contributed by atoms with Crippen LogP contribution in [-0.4, -0.2) is 21.6 Å². The lowest BCUT2D eigenvalue weighted by Crippen LogP contribution is -2.13. The quantitative estimate of drug-likeness (QED) is 0.622. The molecule has 0 spiro atoms. The summed E-state index contributed by atoms with van der Waals surface area (Å²) < 4.78 is 11.1. The van der Waals surface area contributed by atoms with Gasteiger partial charge < -0.3 is 9.47 Å². The number of nitrogens with one attached hydrogen (secondary N) is 1. The molecule has 0 unspecified atom stereocenters. The largest absolute Gasteiger partial charge is 0.463 e. The van der Waals surface area contributed by atoms with Crippen molar-refractivity contribution >= 4 is 5.95 Å². The highest BCUT2D eigenvalue weighted by atomic mass is 16.5.